The maximum Gasteiger partial charge on any atom is 0.393 e. The minimum atomic E-state index is -4.23. The topological polar surface area (TPSA) is 66.3 Å². The van der Waals surface area contributed by atoms with Gasteiger partial charge in [0.1, 0.15) is 17.0 Å². The number of pyridine rings is 1. The summed E-state index contributed by atoms with van der Waals surface area (Å²) in [5.41, 5.74) is 3.34. The lowest BCUT2D eigenvalue weighted by Crippen LogP contribution is -2.38. The van der Waals surface area contributed by atoms with E-state index in [0.717, 1.165) is 55.1 Å². The highest BCUT2D eigenvalue weighted by Gasteiger charge is 2.29. The second-order valence-corrected chi connectivity index (χ2v) is 9.11. The van der Waals surface area contributed by atoms with Gasteiger partial charge in [0, 0.05) is 48.5 Å². The van der Waals surface area contributed by atoms with Crippen molar-refractivity contribution in [3.8, 4) is 0 Å². The molecule has 10 heteroatoms. The summed E-state index contributed by atoms with van der Waals surface area (Å²) in [5.74, 6) is 0.621. The molecule has 0 aromatic carbocycles. The largest absolute Gasteiger partial charge is 0.393 e. The van der Waals surface area contributed by atoms with Crippen LogP contribution in [0.15, 0.2) is 29.6 Å². The van der Waals surface area contributed by atoms with Crippen LogP contribution in [-0.4, -0.2) is 51.4 Å². The highest BCUT2D eigenvalue weighted by atomic mass is 32.1. The number of aliphatic imine (C=N–C) groups is 1. The summed E-state index contributed by atoms with van der Waals surface area (Å²) in [6, 6.07) is 3.95. The van der Waals surface area contributed by atoms with E-state index in [1.165, 1.54) is 11.9 Å². The standard InChI is InChI=1S/C21H21F3N6S/c22-21(23,24)7-16-6-17-19(27-12-28-20(17)31-16)29-15-1-3-30(4-2-15)11-13-5-14-9-25-10-18(14)26-8-13/h5-6,8-9,12,15H,1-4,7,10-11H2,(H,27,28,29). The van der Waals surface area contributed by atoms with Crippen molar-refractivity contribution in [3.05, 3.63) is 46.4 Å². The zero-order chi connectivity index (χ0) is 21.4. The van der Waals surface area contributed by atoms with Gasteiger partial charge in [0.05, 0.1) is 24.0 Å². The minimum Gasteiger partial charge on any atom is -0.367 e. The van der Waals surface area contributed by atoms with Crippen molar-refractivity contribution in [2.45, 2.75) is 44.6 Å². The Morgan fingerprint density at radius 2 is 1.97 bits per heavy atom. The van der Waals surface area contributed by atoms with Gasteiger partial charge < -0.3 is 5.32 Å². The van der Waals surface area contributed by atoms with Crippen molar-refractivity contribution in [2.75, 3.05) is 18.4 Å². The van der Waals surface area contributed by atoms with Gasteiger partial charge in [-0.25, -0.2) is 9.97 Å². The Morgan fingerprint density at radius 3 is 2.77 bits per heavy atom. The molecule has 5 rings (SSSR count). The molecule has 3 aromatic rings. The number of nitrogens with zero attached hydrogens (tertiary/aromatic N) is 5. The highest BCUT2D eigenvalue weighted by Crippen LogP contribution is 2.33. The molecule has 0 radical (unpaired) electrons. The van der Waals surface area contributed by atoms with Gasteiger partial charge in [-0.2, -0.15) is 13.2 Å². The van der Waals surface area contributed by atoms with E-state index in [0.29, 0.717) is 22.6 Å². The van der Waals surface area contributed by atoms with Crippen molar-refractivity contribution < 1.29 is 13.2 Å². The molecule has 5 heterocycles. The fourth-order valence-corrected chi connectivity index (χ4v) is 5.13. The third kappa shape index (κ3) is 4.69. The monoisotopic (exact) mass is 446 g/mol. The molecule has 2 aliphatic rings. The quantitative estimate of drug-likeness (QED) is 0.636. The van der Waals surface area contributed by atoms with Crippen LogP contribution in [0.1, 0.15) is 34.5 Å². The zero-order valence-corrected chi connectivity index (χ0v) is 17.5. The second-order valence-electron chi connectivity index (χ2n) is 7.99. The number of thiophene rings is 1. The SMILES string of the molecule is FC(F)(F)Cc1cc2c(NC3CCN(Cc4cnc5c(c4)C=NC5)CC3)ncnc2s1. The Bertz CT molecular complexity index is 1120. The van der Waals surface area contributed by atoms with Crippen LogP contribution in [-0.2, 0) is 19.5 Å². The number of piperidine rings is 1. The van der Waals surface area contributed by atoms with Crippen LogP contribution in [0.25, 0.3) is 10.2 Å². The molecule has 1 saturated heterocycles. The molecule has 162 valence electrons. The third-order valence-corrected chi connectivity index (χ3v) is 6.66. The van der Waals surface area contributed by atoms with Crippen LogP contribution < -0.4 is 5.32 Å². The predicted molar refractivity (Wildman–Crippen MR) is 115 cm³/mol. The molecule has 1 fully saturated rings. The van der Waals surface area contributed by atoms with Crippen molar-refractivity contribution in [3.63, 3.8) is 0 Å². The maximum absolute atomic E-state index is 12.7. The molecule has 6 nitrogen and oxygen atoms in total. The van der Waals surface area contributed by atoms with Crippen LogP contribution in [0.5, 0.6) is 0 Å². The average Bonchev–Trinajstić information content (AvgIpc) is 3.34. The summed E-state index contributed by atoms with van der Waals surface area (Å²) in [6.07, 6.45) is 1.94. The molecule has 0 bridgehead atoms. The predicted octanol–water partition coefficient (Wildman–Crippen LogP) is 4.20. The van der Waals surface area contributed by atoms with Crippen LogP contribution in [0.2, 0.25) is 0 Å². The summed E-state index contributed by atoms with van der Waals surface area (Å²) in [5, 5.41) is 4.10. The molecule has 0 saturated carbocycles. The summed E-state index contributed by atoms with van der Waals surface area (Å²) < 4.78 is 38.2. The number of fused-ring (bicyclic) bond motifs is 2. The van der Waals surface area contributed by atoms with E-state index < -0.39 is 12.6 Å². The molecule has 1 N–H and O–H groups in total. The van der Waals surface area contributed by atoms with E-state index in [1.807, 2.05) is 12.4 Å². The minimum absolute atomic E-state index is 0.227. The number of anilines is 1. The molecule has 0 amide bonds. The Morgan fingerprint density at radius 1 is 1.13 bits per heavy atom. The number of hydrogen-bond acceptors (Lipinski definition) is 7. The maximum atomic E-state index is 12.7. The zero-order valence-electron chi connectivity index (χ0n) is 16.7. The molecule has 2 aliphatic heterocycles. The van der Waals surface area contributed by atoms with Crippen LogP contribution in [0.4, 0.5) is 19.0 Å². The molecule has 0 atom stereocenters. The summed E-state index contributed by atoms with van der Waals surface area (Å²) in [4.78, 5) is 20.4. The number of aromatic nitrogens is 3. The number of nitrogens with one attached hydrogen (secondary N) is 1. The van der Waals surface area contributed by atoms with E-state index in [1.54, 1.807) is 6.07 Å². The Labute approximate surface area is 181 Å². The van der Waals surface area contributed by atoms with Crippen molar-refractivity contribution in [2.24, 2.45) is 4.99 Å². The van der Waals surface area contributed by atoms with Gasteiger partial charge in [-0.05, 0) is 30.5 Å². The molecular weight excluding hydrogens is 425 g/mol. The van der Waals surface area contributed by atoms with E-state index in [-0.39, 0.29) is 10.9 Å². The van der Waals surface area contributed by atoms with Crippen molar-refractivity contribution in [1.82, 2.24) is 19.9 Å². The van der Waals surface area contributed by atoms with E-state index in [9.17, 15) is 13.2 Å². The Kier molecular flexibility index (Phi) is 5.35. The number of rotatable bonds is 5. The van der Waals surface area contributed by atoms with E-state index in [2.05, 4.69) is 36.2 Å². The smallest absolute Gasteiger partial charge is 0.367 e. The molecular formula is C21H21F3N6S. The van der Waals surface area contributed by atoms with Gasteiger partial charge in [0.25, 0.3) is 0 Å². The van der Waals surface area contributed by atoms with Crippen molar-refractivity contribution >= 4 is 33.6 Å². The van der Waals surface area contributed by atoms with Gasteiger partial charge in [0.15, 0.2) is 0 Å². The van der Waals surface area contributed by atoms with Crippen LogP contribution in [0, 0.1) is 0 Å². The molecule has 0 aliphatic carbocycles. The average molecular weight is 447 g/mol. The Hall–Kier alpha value is -2.59. The normalized spacial score (nSPS) is 17.4. The highest BCUT2D eigenvalue weighted by molar-refractivity contribution is 7.18. The van der Waals surface area contributed by atoms with Gasteiger partial charge >= 0.3 is 6.18 Å². The molecule has 0 spiro atoms. The van der Waals surface area contributed by atoms with Gasteiger partial charge in [-0.3, -0.25) is 14.9 Å². The van der Waals surface area contributed by atoms with Gasteiger partial charge in [-0.15, -0.1) is 11.3 Å². The van der Waals surface area contributed by atoms with E-state index >= 15 is 0 Å². The summed E-state index contributed by atoms with van der Waals surface area (Å²) >= 11 is 1.08. The lowest BCUT2D eigenvalue weighted by molar-refractivity contribution is -0.126. The number of halogens is 3. The number of likely N-dealkylation sites (tertiary alicyclic amines) is 1. The summed E-state index contributed by atoms with van der Waals surface area (Å²) in [7, 11) is 0. The lowest BCUT2D eigenvalue weighted by Gasteiger charge is -2.32. The van der Waals surface area contributed by atoms with E-state index in [4.69, 9.17) is 0 Å². The molecule has 0 unspecified atom stereocenters. The first-order valence-corrected chi connectivity index (χ1v) is 11.0. The first-order valence-electron chi connectivity index (χ1n) is 10.2. The second kappa shape index (κ2) is 8.16. The third-order valence-electron chi connectivity index (χ3n) is 5.62. The fourth-order valence-electron chi connectivity index (χ4n) is 4.11. The molecule has 3 aromatic heterocycles. The Balaban J connectivity index is 1.20. The van der Waals surface area contributed by atoms with Gasteiger partial charge in [0.2, 0.25) is 0 Å². The summed E-state index contributed by atoms with van der Waals surface area (Å²) in [6.45, 7) is 3.38. The first-order chi connectivity index (χ1) is 14.9. The first kappa shape index (κ1) is 20.3. The lowest BCUT2D eigenvalue weighted by atomic mass is 10.0. The van der Waals surface area contributed by atoms with Crippen LogP contribution in [0.3, 0.4) is 0 Å². The molecule has 31 heavy (non-hydrogen) atoms. The van der Waals surface area contributed by atoms with Gasteiger partial charge in [-0.1, -0.05) is 0 Å². The number of hydrogen-bond donors (Lipinski definition) is 1. The number of alkyl halides is 3. The fraction of sp³-hybridized carbons (Fsp3) is 0.429. The van der Waals surface area contributed by atoms with Crippen LogP contribution >= 0.6 is 11.3 Å². The van der Waals surface area contributed by atoms with Crippen molar-refractivity contribution in [1.29, 1.82) is 0 Å².